The maximum atomic E-state index is 13.3. The van der Waals surface area contributed by atoms with Gasteiger partial charge in [-0.15, -0.1) is 0 Å². The van der Waals surface area contributed by atoms with E-state index < -0.39 is 0 Å². The Balaban J connectivity index is 1.89. The van der Waals surface area contributed by atoms with Crippen molar-refractivity contribution in [3.05, 3.63) is 47.8 Å². The second kappa shape index (κ2) is 6.34. The van der Waals surface area contributed by atoms with Crippen molar-refractivity contribution < 1.29 is 13.9 Å². The Bertz CT molecular complexity index is 731. The van der Waals surface area contributed by atoms with E-state index in [-0.39, 0.29) is 17.7 Å². The molecule has 114 valence electrons. The minimum atomic E-state index is -0.287. The van der Waals surface area contributed by atoms with Gasteiger partial charge in [-0.3, -0.25) is 4.79 Å². The number of fused-ring (bicyclic) bond motifs is 2. The molecule has 22 heavy (non-hydrogen) atoms. The van der Waals surface area contributed by atoms with Crippen LogP contribution < -0.4 is 0 Å². The molecule has 0 spiro atoms. The van der Waals surface area contributed by atoms with Crippen molar-refractivity contribution in [1.29, 1.82) is 0 Å². The van der Waals surface area contributed by atoms with Crippen molar-refractivity contribution in [3.63, 3.8) is 0 Å². The lowest BCUT2D eigenvalue weighted by Gasteiger charge is -2.20. The Labute approximate surface area is 137 Å². The zero-order valence-corrected chi connectivity index (χ0v) is 13.9. The fourth-order valence-electron chi connectivity index (χ4n) is 2.24. The maximum Gasteiger partial charge on any atom is 0.313 e. The van der Waals surface area contributed by atoms with Gasteiger partial charge in [0.2, 0.25) is 0 Å². The molecule has 0 saturated heterocycles. The van der Waals surface area contributed by atoms with Crippen LogP contribution in [-0.2, 0) is 9.53 Å². The van der Waals surface area contributed by atoms with Crippen molar-refractivity contribution in [1.82, 2.24) is 0 Å². The zero-order chi connectivity index (χ0) is 15.7. The summed E-state index contributed by atoms with van der Waals surface area (Å²) >= 11 is 3.17. The number of esters is 1. The van der Waals surface area contributed by atoms with Gasteiger partial charge in [0.15, 0.2) is 0 Å². The molecule has 0 radical (unpaired) electrons. The average Bonchev–Trinajstić information content (AvgIpc) is 2.52. The Kier molecular flexibility index (Phi) is 4.45. The summed E-state index contributed by atoms with van der Waals surface area (Å²) < 4.78 is 18.4. The van der Waals surface area contributed by atoms with Gasteiger partial charge in [0.1, 0.15) is 5.82 Å². The molecule has 1 aliphatic rings. The topological polar surface area (TPSA) is 26.3 Å². The summed E-state index contributed by atoms with van der Waals surface area (Å²) in [6.07, 6.45) is 0. The van der Waals surface area contributed by atoms with Crippen LogP contribution in [0.2, 0.25) is 0 Å². The number of halogens is 1. The van der Waals surface area contributed by atoms with Crippen LogP contribution in [0.15, 0.2) is 56.0 Å². The first-order valence-electron chi connectivity index (χ1n) is 7.04. The van der Waals surface area contributed by atoms with Crippen LogP contribution in [0.4, 0.5) is 4.39 Å². The summed E-state index contributed by atoms with van der Waals surface area (Å²) in [7, 11) is 0. The molecular weight excluding hydrogens is 319 g/mol. The van der Waals surface area contributed by atoms with Crippen LogP contribution in [-0.4, -0.2) is 12.6 Å². The minimum absolute atomic E-state index is 0.210. The van der Waals surface area contributed by atoms with Crippen LogP contribution >= 0.6 is 23.5 Å². The third-order valence-corrected chi connectivity index (χ3v) is 5.98. The number of rotatable bonds is 3. The van der Waals surface area contributed by atoms with Crippen molar-refractivity contribution in [2.45, 2.75) is 39.3 Å². The largest absolute Gasteiger partial charge is 0.466 e. The van der Waals surface area contributed by atoms with Gasteiger partial charge in [-0.25, -0.2) is 4.39 Å². The molecule has 5 heteroatoms. The molecule has 1 unspecified atom stereocenters. The molecule has 1 heterocycles. The van der Waals surface area contributed by atoms with Gasteiger partial charge in [-0.05, 0) is 49.7 Å². The van der Waals surface area contributed by atoms with Crippen molar-refractivity contribution in [3.8, 4) is 0 Å². The van der Waals surface area contributed by atoms with E-state index in [0.717, 1.165) is 25.1 Å². The van der Waals surface area contributed by atoms with Crippen molar-refractivity contribution in [2.24, 2.45) is 0 Å². The first kappa shape index (κ1) is 15.4. The van der Waals surface area contributed by atoms with Gasteiger partial charge in [0, 0.05) is 19.6 Å². The molecular formula is C17H15FO2S2. The van der Waals surface area contributed by atoms with E-state index in [1.807, 2.05) is 25.1 Å². The summed E-state index contributed by atoms with van der Waals surface area (Å²) in [5.74, 6) is -0.716. The number of hydrogen-bond donors (Lipinski definition) is 0. The van der Waals surface area contributed by atoms with Gasteiger partial charge in [0.05, 0.1) is 12.5 Å². The van der Waals surface area contributed by atoms with E-state index in [9.17, 15) is 9.18 Å². The minimum Gasteiger partial charge on any atom is -0.466 e. The van der Waals surface area contributed by atoms with Crippen LogP contribution in [0.5, 0.6) is 0 Å². The molecule has 3 rings (SSSR count). The highest BCUT2D eigenvalue weighted by Crippen LogP contribution is 2.49. The highest BCUT2D eigenvalue weighted by atomic mass is 32.2. The number of carbonyl (C=O) groups excluding carboxylic acids is 1. The lowest BCUT2D eigenvalue weighted by molar-refractivity contribution is -0.144. The molecule has 0 N–H and O–H groups in total. The number of hydrogen-bond acceptors (Lipinski definition) is 4. The summed E-state index contributed by atoms with van der Waals surface area (Å²) in [5, 5.41) is 0. The standard InChI is InChI=1S/C17H15FO2S2/c1-3-20-17(19)10(2)11-4-6-13-15(8-11)21-14-7-5-12(18)9-16(14)22-13/h4-10H,3H2,1-2H3. The molecule has 2 aromatic carbocycles. The smallest absolute Gasteiger partial charge is 0.313 e. The van der Waals surface area contributed by atoms with Gasteiger partial charge < -0.3 is 4.74 Å². The van der Waals surface area contributed by atoms with Gasteiger partial charge >= 0.3 is 5.97 Å². The van der Waals surface area contributed by atoms with E-state index in [1.165, 1.54) is 6.07 Å². The molecule has 0 aliphatic carbocycles. The van der Waals surface area contributed by atoms with E-state index >= 15 is 0 Å². The highest BCUT2D eigenvalue weighted by molar-refractivity contribution is 8.05. The predicted octanol–water partition coefficient (Wildman–Crippen LogP) is 5.11. The van der Waals surface area contributed by atoms with Gasteiger partial charge in [-0.1, -0.05) is 29.6 Å². The highest BCUT2D eigenvalue weighted by Gasteiger charge is 2.21. The summed E-state index contributed by atoms with van der Waals surface area (Å²) in [6, 6.07) is 10.8. The SMILES string of the molecule is CCOC(=O)C(C)c1ccc2c(c1)Sc1ccc(F)cc1S2. The van der Waals surface area contributed by atoms with E-state index in [2.05, 4.69) is 0 Å². The summed E-state index contributed by atoms with van der Waals surface area (Å²) in [5.41, 5.74) is 0.941. The maximum absolute atomic E-state index is 13.3. The van der Waals surface area contributed by atoms with Gasteiger partial charge in [0.25, 0.3) is 0 Å². The zero-order valence-electron chi connectivity index (χ0n) is 12.3. The molecule has 0 bridgehead atoms. The molecule has 2 nitrogen and oxygen atoms in total. The summed E-state index contributed by atoms with van der Waals surface area (Å²) in [6.45, 7) is 4.04. The number of ether oxygens (including phenoxy) is 1. The Hall–Kier alpha value is -1.46. The first-order valence-corrected chi connectivity index (χ1v) is 8.67. The average molecular weight is 334 g/mol. The third kappa shape index (κ3) is 3.01. The van der Waals surface area contributed by atoms with Crippen molar-refractivity contribution in [2.75, 3.05) is 6.61 Å². The lowest BCUT2D eigenvalue weighted by atomic mass is 10.0. The lowest BCUT2D eigenvalue weighted by Crippen LogP contribution is -2.13. The predicted molar refractivity (Wildman–Crippen MR) is 86.1 cm³/mol. The van der Waals surface area contributed by atoms with Gasteiger partial charge in [-0.2, -0.15) is 0 Å². The first-order chi connectivity index (χ1) is 10.6. The molecule has 0 saturated carbocycles. The number of benzene rings is 2. The van der Waals surface area contributed by atoms with Crippen LogP contribution in [0.1, 0.15) is 25.3 Å². The van der Waals surface area contributed by atoms with E-state index in [0.29, 0.717) is 6.61 Å². The van der Waals surface area contributed by atoms with Crippen LogP contribution in [0, 0.1) is 5.82 Å². The molecule has 0 amide bonds. The Morgan fingerprint density at radius 1 is 1.09 bits per heavy atom. The quantitative estimate of drug-likeness (QED) is 0.622. The second-order valence-electron chi connectivity index (χ2n) is 4.98. The molecule has 0 aromatic heterocycles. The van der Waals surface area contributed by atoms with Crippen LogP contribution in [0.3, 0.4) is 0 Å². The monoisotopic (exact) mass is 334 g/mol. The normalized spacial score (nSPS) is 14.0. The van der Waals surface area contributed by atoms with E-state index in [4.69, 9.17) is 4.74 Å². The molecule has 1 aliphatic heterocycles. The Morgan fingerprint density at radius 3 is 2.41 bits per heavy atom. The molecule has 2 aromatic rings. The molecule has 1 atom stereocenters. The Morgan fingerprint density at radius 2 is 1.73 bits per heavy atom. The van der Waals surface area contributed by atoms with Crippen LogP contribution in [0.25, 0.3) is 0 Å². The summed E-state index contributed by atoms with van der Waals surface area (Å²) in [4.78, 5) is 16.0. The fourth-order valence-corrected chi connectivity index (χ4v) is 4.51. The second-order valence-corrected chi connectivity index (χ2v) is 7.14. The van der Waals surface area contributed by atoms with E-state index in [1.54, 1.807) is 42.6 Å². The third-order valence-electron chi connectivity index (χ3n) is 3.45. The fraction of sp³-hybridized carbons (Fsp3) is 0.235. The number of carbonyl (C=O) groups is 1. The molecule has 0 fully saturated rings. The van der Waals surface area contributed by atoms with Crippen molar-refractivity contribution >= 4 is 29.5 Å².